The lowest BCUT2D eigenvalue weighted by atomic mass is 10.1. The topological polar surface area (TPSA) is 69.9 Å². The number of nitrogens with zero attached hydrogens (tertiary/aromatic N) is 2. The molecular formula is C21H19F3N2O4S. The van der Waals surface area contributed by atoms with Crippen molar-refractivity contribution in [3.63, 3.8) is 0 Å². The summed E-state index contributed by atoms with van der Waals surface area (Å²) in [5.41, 5.74) is -0.0346. The van der Waals surface area contributed by atoms with Crippen molar-refractivity contribution < 1.29 is 32.2 Å². The molecule has 6 nitrogen and oxygen atoms in total. The molecule has 0 saturated heterocycles. The van der Waals surface area contributed by atoms with Gasteiger partial charge in [-0.25, -0.2) is 4.79 Å². The minimum absolute atomic E-state index is 0.168. The highest BCUT2D eigenvalue weighted by Crippen LogP contribution is 2.29. The van der Waals surface area contributed by atoms with E-state index >= 15 is 0 Å². The summed E-state index contributed by atoms with van der Waals surface area (Å²) >= 11 is 1.15. The molecule has 3 aromatic rings. The van der Waals surface area contributed by atoms with Gasteiger partial charge >= 0.3 is 12.1 Å². The van der Waals surface area contributed by atoms with Crippen molar-refractivity contribution in [1.82, 2.24) is 4.57 Å². The van der Waals surface area contributed by atoms with Crippen molar-refractivity contribution in [2.24, 2.45) is 4.99 Å². The van der Waals surface area contributed by atoms with Crippen LogP contribution in [-0.2, 0) is 22.2 Å². The lowest BCUT2D eigenvalue weighted by Gasteiger charge is -2.07. The van der Waals surface area contributed by atoms with E-state index in [0.717, 1.165) is 23.5 Å². The molecule has 0 saturated carbocycles. The average Bonchev–Trinajstić information content (AvgIpc) is 3.09. The van der Waals surface area contributed by atoms with E-state index in [9.17, 15) is 22.8 Å². The number of rotatable bonds is 6. The van der Waals surface area contributed by atoms with Crippen LogP contribution in [0.2, 0.25) is 0 Å². The summed E-state index contributed by atoms with van der Waals surface area (Å²) in [7, 11) is 1.28. The molecule has 0 aliphatic rings. The third-order valence-electron chi connectivity index (χ3n) is 4.40. The van der Waals surface area contributed by atoms with E-state index in [0.29, 0.717) is 40.3 Å². The second kappa shape index (κ2) is 9.44. The molecule has 1 amide bonds. The van der Waals surface area contributed by atoms with Crippen molar-refractivity contribution in [2.75, 3.05) is 20.3 Å². The van der Waals surface area contributed by atoms with Gasteiger partial charge in [-0.2, -0.15) is 18.2 Å². The van der Waals surface area contributed by atoms with Crippen molar-refractivity contribution in [2.45, 2.75) is 19.6 Å². The molecule has 0 spiro atoms. The van der Waals surface area contributed by atoms with Crippen LogP contribution in [0, 0.1) is 0 Å². The minimum Gasteiger partial charge on any atom is -0.465 e. The number of esters is 1. The first-order chi connectivity index (χ1) is 14.7. The fourth-order valence-electron chi connectivity index (χ4n) is 2.90. The van der Waals surface area contributed by atoms with Gasteiger partial charge in [0.15, 0.2) is 4.80 Å². The van der Waals surface area contributed by atoms with Gasteiger partial charge in [-0.1, -0.05) is 17.4 Å². The summed E-state index contributed by atoms with van der Waals surface area (Å²) in [6.45, 7) is 3.08. The number of benzene rings is 2. The summed E-state index contributed by atoms with van der Waals surface area (Å²) in [6, 6.07) is 9.05. The summed E-state index contributed by atoms with van der Waals surface area (Å²) < 4.78 is 51.5. The van der Waals surface area contributed by atoms with Crippen LogP contribution in [-0.4, -0.2) is 36.8 Å². The number of aromatic nitrogens is 1. The Bertz CT molecular complexity index is 1180. The van der Waals surface area contributed by atoms with E-state index in [1.807, 2.05) is 6.92 Å². The Balaban J connectivity index is 2.08. The maximum absolute atomic E-state index is 13.0. The number of hydrogen-bond acceptors (Lipinski definition) is 5. The Morgan fingerprint density at radius 3 is 2.58 bits per heavy atom. The fraction of sp³-hybridized carbons (Fsp3) is 0.286. The molecule has 2 aromatic carbocycles. The Labute approximate surface area is 179 Å². The van der Waals surface area contributed by atoms with E-state index in [-0.39, 0.29) is 5.56 Å². The molecule has 0 N–H and O–H groups in total. The van der Waals surface area contributed by atoms with Gasteiger partial charge in [0.25, 0.3) is 5.91 Å². The maximum atomic E-state index is 13.0. The van der Waals surface area contributed by atoms with E-state index < -0.39 is 23.6 Å². The zero-order valence-corrected chi connectivity index (χ0v) is 17.5. The first-order valence-corrected chi connectivity index (χ1v) is 10.1. The predicted octanol–water partition coefficient (Wildman–Crippen LogP) is 4.29. The van der Waals surface area contributed by atoms with Crippen LogP contribution in [0.5, 0.6) is 0 Å². The molecule has 0 aliphatic heterocycles. The number of fused-ring (bicyclic) bond motifs is 1. The van der Waals surface area contributed by atoms with Gasteiger partial charge in [-0.15, -0.1) is 0 Å². The van der Waals surface area contributed by atoms with Gasteiger partial charge in [0, 0.05) is 18.7 Å². The number of alkyl halides is 3. The van der Waals surface area contributed by atoms with Gasteiger partial charge in [0.05, 0.1) is 35.1 Å². The Hall–Kier alpha value is -2.98. The molecule has 0 atom stereocenters. The van der Waals surface area contributed by atoms with Crippen LogP contribution in [0.4, 0.5) is 13.2 Å². The molecule has 10 heteroatoms. The van der Waals surface area contributed by atoms with Crippen LogP contribution >= 0.6 is 11.3 Å². The summed E-state index contributed by atoms with van der Waals surface area (Å²) in [5.74, 6) is -1.30. The van der Waals surface area contributed by atoms with Crippen molar-refractivity contribution in [1.29, 1.82) is 0 Å². The number of hydrogen-bond donors (Lipinski definition) is 0. The largest absolute Gasteiger partial charge is 0.465 e. The van der Waals surface area contributed by atoms with Crippen molar-refractivity contribution in [3.8, 4) is 0 Å². The van der Waals surface area contributed by atoms with Crippen molar-refractivity contribution in [3.05, 3.63) is 64.0 Å². The molecule has 0 bridgehead atoms. The van der Waals surface area contributed by atoms with Gasteiger partial charge in [-0.05, 0) is 43.3 Å². The summed E-state index contributed by atoms with van der Waals surface area (Å²) in [5, 5.41) is 0. The molecule has 0 aliphatic carbocycles. The number of methoxy groups -OCH3 is 1. The number of carbonyl (C=O) groups excluding carboxylic acids is 2. The molecule has 0 radical (unpaired) electrons. The molecule has 1 aromatic heterocycles. The van der Waals surface area contributed by atoms with E-state index in [2.05, 4.69) is 4.99 Å². The predicted molar refractivity (Wildman–Crippen MR) is 109 cm³/mol. The van der Waals surface area contributed by atoms with E-state index in [4.69, 9.17) is 9.47 Å². The van der Waals surface area contributed by atoms with Crippen LogP contribution in [0.1, 0.15) is 33.2 Å². The lowest BCUT2D eigenvalue weighted by Crippen LogP contribution is -2.20. The van der Waals surface area contributed by atoms with Crippen LogP contribution < -0.4 is 4.80 Å². The van der Waals surface area contributed by atoms with E-state index in [1.54, 1.807) is 22.8 Å². The molecule has 1 heterocycles. The zero-order valence-electron chi connectivity index (χ0n) is 16.7. The third kappa shape index (κ3) is 5.20. The average molecular weight is 452 g/mol. The van der Waals surface area contributed by atoms with Gasteiger partial charge in [0.2, 0.25) is 0 Å². The van der Waals surface area contributed by atoms with E-state index in [1.165, 1.54) is 19.2 Å². The smallest absolute Gasteiger partial charge is 0.416 e. The molecule has 0 fully saturated rings. The first-order valence-electron chi connectivity index (χ1n) is 9.30. The molecule has 31 heavy (non-hydrogen) atoms. The Kier molecular flexibility index (Phi) is 6.91. The second-order valence-electron chi connectivity index (χ2n) is 6.40. The molecule has 0 unspecified atom stereocenters. The number of halogens is 3. The third-order valence-corrected chi connectivity index (χ3v) is 5.44. The Morgan fingerprint density at radius 1 is 1.13 bits per heavy atom. The number of ether oxygens (including phenoxy) is 2. The lowest BCUT2D eigenvalue weighted by molar-refractivity contribution is -0.137. The number of amides is 1. The van der Waals surface area contributed by atoms with Gasteiger partial charge in [0.1, 0.15) is 0 Å². The molecule has 164 valence electrons. The highest BCUT2D eigenvalue weighted by atomic mass is 32.1. The highest BCUT2D eigenvalue weighted by Gasteiger charge is 2.30. The first kappa shape index (κ1) is 22.7. The minimum atomic E-state index is -4.56. The van der Waals surface area contributed by atoms with Crippen molar-refractivity contribution >= 4 is 33.4 Å². The van der Waals surface area contributed by atoms with Gasteiger partial charge < -0.3 is 14.0 Å². The number of thiazole rings is 1. The molecule has 3 rings (SSSR count). The maximum Gasteiger partial charge on any atom is 0.416 e. The SMILES string of the molecule is CCOCCn1c(=NC(=O)c2cccc(C(F)(F)F)c2)sc2cc(C(=O)OC)ccc21. The molecular weight excluding hydrogens is 433 g/mol. The zero-order chi connectivity index (χ0) is 22.6. The monoisotopic (exact) mass is 452 g/mol. The normalized spacial score (nSPS) is 12.4. The Morgan fingerprint density at radius 2 is 1.90 bits per heavy atom. The fourth-order valence-corrected chi connectivity index (χ4v) is 3.99. The second-order valence-corrected chi connectivity index (χ2v) is 7.41. The summed E-state index contributed by atoms with van der Waals surface area (Å²) in [4.78, 5) is 28.8. The quantitative estimate of drug-likeness (QED) is 0.413. The van der Waals surface area contributed by atoms with Crippen LogP contribution in [0.25, 0.3) is 10.2 Å². The standard InChI is InChI=1S/C21H19F3N2O4S/c1-3-30-10-9-26-16-8-7-14(19(28)29-2)12-17(16)31-20(26)25-18(27)13-5-4-6-15(11-13)21(22,23)24/h4-8,11-12H,3,9-10H2,1-2H3. The summed E-state index contributed by atoms with van der Waals surface area (Å²) in [6.07, 6.45) is -4.56. The van der Waals surface area contributed by atoms with Crippen LogP contribution in [0.15, 0.2) is 47.5 Å². The van der Waals surface area contributed by atoms with Crippen LogP contribution in [0.3, 0.4) is 0 Å². The van der Waals surface area contributed by atoms with Gasteiger partial charge in [-0.3, -0.25) is 4.79 Å². The number of carbonyl (C=O) groups is 2. The highest BCUT2D eigenvalue weighted by molar-refractivity contribution is 7.16.